The predicted octanol–water partition coefficient (Wildman–Crippen LogP) is 5.26. The van der Waals surface area contributed by atoms with E-state index < -0.39 is 0 Å². The van der Waals surface area contributed by atoms with Crippen LogP contribution in [0.3, 0.4) is 0 Å². The van der Waals surface area contributed by atoms with Crippen molar-refractivity contribution in [3.63, 3.8) is 0 Å². The second kappa shape index (κ2) is 6.35. The number of hydrogen-bond acceptors (Lipinski definition) is 2. The summed E-state index contributed by atoms with van der Waals surface area (Å²) in [6.07, 6.45) is 11.5. The fourth-order valence-electron chi connectivity index (χ4n) is 3.73. The largest absolute Gasteiger partial charge is 0.324 e. The topological polar surface area (TPSA) is 30.7 Å². The summed E-state index contributed by atoms with van der Waals surface area (Å²) >= 11 is 6.37. The third kappa shape index (κ3) is 2.94. The number of halogens is 1. The van der Waals surface area contributed by atoms with Crippen molar-refractivity contribution in [2.75, 3.05) is 0 Å². The van der Waals surface area contributed by atoms with Crippen molar-refractivity contribution in [2.45, 2.75) is 63.8 Å². The van der Waals surface area contributed by atoms with Crippen LogP contribution in [-0.4, -0.2) is 14.5 Å². The minimum atomic E-state index is -0.0641. The number of fused-ring (bicyclic) bond motifs is 1. The Balaban J connectivity index is 1.91. The molecule has 0 saturated heterocycles. The zero-order chi connectivity index (χ0) is 14.8. The van der Waals surface area contributed by atoms with Gasteiger partial charge in [0.25, 0.3) is 0 Å². The lowest BCUT2D eigenvalue weighted by molar-refractivity contribution is 0.262. The van der Waals surface area contributed by atoms with Gasteiger partial charge in [0.2, 0.25) is 0 Å². The highest BCUT2D eigenvalue weighted by molar-refractivity contribution is 6.20. The van der Waals surface area contributed by atoms with Gasteiger partial charge in [-0.2, -0.15) is 0 Å². The van der Waals surface area contributed by atoms with E-state index in [1.165, 1.54) is 44.0 Å². The lowest BCUT2D eigenvalue weighted by Gasteiger charge is -2.31. The van der Waals surface area contributed by atoms with Crippen LogP contribution in [0.5, 0.6) is 0 Å². The molecule has 1 unspecified atom stereocenters. The summed E-state index contributed by atoms with van der Waals surface area (Å²) in [6.45, 7) is 4.30. The molecular weight excluding hydrogens is 282 g/mol. The van der Waals surface area contributed by atoms with Crippen LogP contribution < -0.4 is 0 Å². The van der Waals surface area contributed by atoms with Crippen LogP contribution in [0.4, 0.5) is 0 Å². The zero-order valence-corrected chi connectivity index (χ0v) is 13.7. The Hall–Kier alpha value is -1.09. The van der Waals surface area contributed by atoms with E-state index in [1.54, 1.807) is 0 Å². The Labute approximate surface area is 131 Å². The van der Waals surface area contributed by atoms with Crippen molar-refractivity contribution in [3.05, 3.63) is 24.3 Å². The molecule has 1 fully saturated rings. The van der Waals surface area contributed by atoms with Gasteiger partial charge in [-0.15, -0.1) is 11.6 Å². The van der Waals surface area contributed by atoms with Crippen LogP contribution in [-0.2, 0) is 0 Å². The van der Waals surface area contributed by atoms with E-state index in [9.17, 15) is 0 Å². The molecule has 0 radical (unpaired) electrons. The van der Waals surface area contributed by atoms with E-state index in [4.69, 9.17) is 16.6 Å². The van der Waals surface area contributed by atoms with Gasteiger partial charge < -0.3 is 4.57 Å². The number of pyridine rings is 1. The van der Waals surface area contributed by atoms with Crippen molar-refractivity contribution < 1.29 is 0 Å². The summed E-state index contributed by atoms with van der Waals surface area (Å²) in [6, 6.07) is 2.62. The number of alkyl halides is 1. The maximum absolute atomic E-state index is 6.37. The van der Waals surface area contributed by atoms with Gasteiger partial charge in [0.15, 0.2) is 0 Å². The maximum atomic E-state index is 6.37. The van der Waals surface area contributed by atoms with Crippen LogP contribution in [0.1, 0.15) is 69.6 Å². The molecule has 0 amide bonds. The predicted molar refractivity (Wildman–Crippen MR) is 87.7 cm³/mol. The Morgan fingerprint density at radius 3 is 2.76 bits per heavy atom. The summed E-state index contributed by atoms with van der Waals surface area (Å²) in [5, 5.41) is -0.0641. The highest BCUT2D eigenvalue weighted by Gasteiger charge is 2.26. The highest BCUT2D eigenvalue weighted by Crippen LogP contribution is 2.38. The van der Waals surface area contributed by atoms with E-state index in [1.807, 2.05) is 19.3 Å². The number of nitrogens with zero attached hydrogens (tertiary/aromatic N) is 3. The standard InChI is InChI=1S/C17H24ClN3/c1-3-4-13-5-7-14(8-6-13)21-16-9-10-19-11-15(16)20-17(21)12(2)18/h9-14H,3-8H2,1-2H3. The Bertz CT molecular complexity index is 597. The third-order valence-corrected chi connectivity index (χ3v) is 4.95. The van der Waals surface area contributed by atoms with Gasteiger partial charge in [0.05, 0.1) is 17.1 Å². The highest BCUT2D eigenvalue weighted by atomic mass is 35.5. The van der Waals surface area contributed by atoms with Crippen LogP contribution in [0, 0.1) is 5.92 Å². The molecule has 21 heavy (non-hydrogen) atoms. The average molecular weight is 306 g/mol. The molecule has 0 bridgehead atoms. The minimum Gasteiger partial charge on any atom is -0.324 e. The van der Waals surface area contributed by atoms with Crippen LogP contribution in [0.15, 0.2) is 18.5 Å². The van der Waals surface area contributed by atoms with Crippen molar-refractivity contribution >= 4 is 22.6 Å². The SMILES string of the molecule is CCCC1CCC(n2c(C(C)Cl)nc3cnccc32)CC1. The van der Waals surface area contributed by atoms with Gasteiger partial charge in [-0.3, -0.25) is 4.98 Å². The number of imidazole rings is 1. The molecule has 0 aromatic carbocycles. The van der Waals surface area contributed by atoms with Crippen molar-refractivity contribution in [3.8, 4) is 0 Å². The molecule has 1 aliphatic carbocycles. The third-order valence-electron chi connectivity index (χ3n) is 4.75. The van der Waals surface area contributed by atoms with Crippen LogP contribution >= 0.6 is 11.6 Å². The molecule has 4 heteroatoms. The molecule has 0 spiro atoms. The number of rotatable bonds is 4. The zero-order valence-electron chi connectivity index (χ0n) is 12.9. The van der Waals surface area contributed by atoms with Gasteiger partial charge in [0, 0.05) is 12.2 Å². The average Bonchev–Trinajstić information content (AvgIpc) is 2.88. The fourth-order valence-corrected chi connectivity index (χ4v) is 3.89. The maximum Gasteiger partial charge on any atom is 0.128 e. The monoisotopic (exact) mass is 305 g/mol. The second-order valence-electron chi connectivity index (χ2n) is 6.28. The molecule has 1 saturated carbocycles. The molecule has 0 N–H and O–H groups in total. The quantitative estimate of drug-likeness (QED) is 0.721. The van der Waals surface area contributed by atoms with Gasteiger partial charge in [-0.05, 0) is 44.6 Å². The second-order valence-corrected chi connectivity index (χ2v) is 6.94. The summed E-state index contributed by atoms with van der Waals surface area (Å²) in [5.41, 5.74) is 2.15. The lowest BCUT2D eigenvalue weighted by atomic mass is 9.83. The molecule has 3 rings (SSSR count). The van der Waals surface area contributed by atoms with E-state index in [0.717, 1.165) is 17.3 Å². The molecule has 1 aliphatic rings. The van der Waals surface area contributed by atoms with Crippen LogP contribution in [0.25, 0.3) is 11.0 Å². The van der Waals surface area contributed by atoms with Gasteiger partial charge in [-0.1, -0.05) is 19.8 Å². The van der Waals surface area contributed by atoms with Crippen molar-refractivity contribution in [1.82, 2.24) is 14.5 Å². The molecule has 2 heterocycles. The molecule has 0 aliphatic heterocycles. The molecule has 1 atom stereocenters. The summed E-state index contributed by atoms with van der Waals surface area (Å²) in [7, 11) is 0. The molecular formula is C17H24ClN3. The molecule has 2 aromatic rings. The first-order chi connectivity index (χ1) is 10.2. The first-order valence-corrected chi connectivity index (χ1v) is 8.60. The van der Waals surface area contributed by atoms with E-state index in [2.05, 4.69) is 22.5 Å². The van der Waals surface area contributed by atoms with E-state index in [0.29, 0.717) is 6.04 Å². The molecule has 114 valence electrons. The normalized spacial score (nSPS) is 24.3. The van der Waals surface area contributed by atoms with Crippen molar-refractivity contribution in [2.24, 2.45) is 5.92 Å². The van der Waals surface area contributed by atoms with Gasteiger partial charge in [-0.25, -0.2) is 4.98 Å². The molecule has 3 nitrogen and oxygen atoms in total. The van der Waals surface area contributed by atoms with Gasteiger partial charge in [0.1, 0.15) is 11.3 Å². The summed E-state index contributed by atoms with van der Waals surface area (Å²) in [5.74, 6) is 1.91. The first-order valence-electron chi connectivity index (χ1n) is 8.16. The van der Waals surface area contributed by atoms with E-state index in [-0.39, 0.29) is 5.38 Å². The Kier molecular flexibility index (Phi) is 4.48. The Morgan fingerprint density at radius 1 is 1.33 bits per heavy atom. The summed E-state index contributed by atoms with van der Waals surface area (Å²) < 4.78 is 2.39. The summed E-state index contributed by atoms with van der Waals surface area (Å²) in [4.78, 5) is 8.90. The fraction of sp³-hybridized carbons (Fsp3) is 0.647. The van der Waals surface area contributed by atoms with Crippen molar-refractivity contribution in [1.29, 1.82) is 0 Å². The number of hydrogen-bond donors (Lipinski definition) is 0. The van der Waals surface area contributed by atoms with Crippen LogP contribution in [0.2, 0.25) is 0 Å². The first kappa shape index (κ1) is 14.8. The minimum absolute atomic E-state index is 0.0641. The Morgan fingerprint density at radius 2 is 2.10 bits per heavy atom. The number of aromatic nitrogens is 3. The molecule has 2 aromatic heterocycles. The van der Waals surface area contributed by atoms with E-state index >= 15 is 0 Å². The van der Waals surface area contributed by atoms with Gasteiger partial charge >= 0.3 is 0 Å². The lowest BCUT2D eigenvalue weighted by Crippen LogP contribution is -2.20. The smallest absolute Gasteiger partial charge is 0.128 e.